The van der Waals surface area contributed by atoms with Crippen LogP contribution in [0.1, 0.15) is 19.4 Å². The van der Waals surface area contributed by atoms with Gasteiger partial charge in [0.25, 0.3) is 0 Å². The highest BCUT2D eigenvalue weighted by molar-refractivity contribution is 7.89. The summed E-state index contributed by atoms with van der Waals surface area (Å²) >= 11 is 5.90. The number of halogens is 1. The second kappa shape index (κ2) is 5.70. The van der Waals surface area contributed by atoms with Crippen molar-refractivity contribution in [1.82, 2.24) is 4.31 Å². The van der Waals surface area contributed by atoms with Crippen molar-refractivity contribution < 1.29 is 13.2 Å². The van der Waals surface area contributed by atoms with Crippen LogP contribution in [-0.4, -0.2) is 38.0 Å². The van der Waals surface area contributed by atoms with Gasteiger partial charge < -0.3 is 4.74 Å². The van der Waals surface area contributed by atoms with Crippen LogP contribution >= 0.6 is 11.6 Å². The number of rotatable bonds is 2. The number of hydrogen-bond donors (Lipinski definition) is 0. The molecular weight excluding hydrogens is 300 g/mol. The lowest BCUT2D eigenvalue weighted by Crippen LogP contribution is -2.48. The average molecular weight is 315 g/mol. The molecule has 1 aliphatic rings. The molecule has 1 aromatic carbocycles. The molecule has 0 aromatic heterocycles. The SMILES string of the molecule is CC1CN(S(=O)(=O)c2ccc(C#N)c(Cl)c2)CC(C)O1. The van der Waals surface area contributed by atoms with Gasteiger partial charge in [-0.25, -0.2) is 8.42 Å². The van der Waals surface area contributed by atoms with Crippen LogP contribution < -0.4 is 0 Å². The number of hydrogen-bond acceptors (Lipinski definition) is 4. The van der Waals surface area contributed by atoms with Crippen molar-refractivity contribution in [2.24, 2.45) is 0 Å². The molecular formula is C13H15ClN2O3S. The molecule has 0 N–H and O–H groups in total. The Morgan fingerprint density at radius 2 is 1.95 bits per heavy atom. The molecule has 0 spiro atoms. The van der Waals surface area contributed by atoms with Crippen molar-refractivity contribution >= 4 is 21.6 Å². The largest absolute Gasteiger partial charge is 0.373 e. The number of ether oxygens (including phenoxy) is 1. The second-order valence-electron chi connectivity index (χ2n) is 4.83. The highest BCUT2D eigenvalue weighted by Crippen LogP contribution is 2.25. The minimum atomic E-state index is -3.62. The van der Waals surface area contributed by atoms with E-state index in [1.165, 1.54) is 22.5 Å². The summed E-state index contributed by atoms with van der Waals surface area (Å²) in [6.07, 6.45) is -0.301. The molecule has 1 aliphatic heterocycles. The van der Waals surface area contributed by atoms with Crippen molar-refractivity contribution in [3.8, 4) is 6.07 Å². The lowest BCUT2D eigenvalue weighted by atomic mass is 10.2. The molecule has 0 bridgehead atoms. The van der Waals surface area contributed by atoms with Crippen molar-refractivity contribution in [3.05, 3.63) is 28.8 Å². The number of nitriles is 1. The van der Waals surface area contributed by atoms with Crippen LogP contribution in [0, 0.1) is 11.3 Å². The molecule has 5 nitrogen and oxygen atoms in total. The van der Waals surface area contributed by atoms with Gasteiger partial charge in [0.15, 0.2) is 0 Å². The monoisotopic (exact) mass is 314 g/mol. The van der Waals surface area contributed by atoms with Crippen molar-refractivity contribution in [2.45, 2.75) is 31.0 Å². The summed E-state index contributed by atoms with van der Waals surface area (Å²) in [4.78, 5) is 0.0998. The van der Waals surface area contributed by atoms with Gasteiger partial charge in [-0.3, -0.25) is 0 Å². The summed E-state index contributed by atoms with van der Waals surface area (Å²) in [5.74, 6) is 0. The van der Waals surface area contributed by atoms with E-state index in [9.17, 15) is 8.42 Å². The summed E-state index contributed by atoms with van der Waals surface area (Å²) in [6, 6.07) is 6.05. The zero-order chi connectivity index (χ0) is 14.9. The number of benzene rings is 1. The van der Waals surface area contributed by atoms with Gasteiger partial charge in [-0.15, -0.1) is 0 Å². The van der Waals surface area contributed by atoms with Crippen molar-refractivity contribution in [2.75, 3.05) is 13.1 Å². The van der Waals surface area contributed by atoms with E-state index >= 15 is 0 Å². The van der Waals surface area contributed by atoms with Crippen LogP contribution in [0.15, 0.2) is 23.1 Å². The first-order valence-corrected chi connectivity index (χ1v) is 8.01. The zero-order valence-electron chi connectivity index (χ0n) is 11.2. The summed E-state index contributed by atoms with van der Waals surface area (Å²) in [5, 5.41) is 8.96. The van der Waals surface area contributed by atoms with E-state index < -0.39 is 10.0 Å². The molecule has 1 fully saturated rings. The molecule has 0 radical (unpaired) electrons. The lowest BCUT2D eigenvalue weighted by molar-refractivity contribution is -0.0440. The van der Waals surface area contributed by atoms with Crippen LogP contribution in [0.2, 0.25) is 5.02 Å². The molecule has 0 aliphatic carbocycles. The molecule has 108 valence electrons. The molecule has 1 aromatic rings. The third-order valence-corrected chi connectivity index (χ3v) is 5.23. The van der Waals surface area contributed by atoms with Gasteiger partial charge in [-0.05, 0) is 32.0 Å². The number of morpholine rings is 1. The van der Waals surface area contributed by atoms with Crippen LogP contribution in [0.3, 0.4) is 0 Å². The van der Waals surface area contributed by atoms with Crippen molar-refractivity contribution in [1.29, 1.82) is 5.26 Å². The minimum Gasteiger partial charge on any atom is -0.373 e. The van der Waals surface area contributed by atoms with Crippen LogP contribution in [0.5, 0.6) is 0 Å². The first-order valence-electron chi connectivity index (χ1n) is 6.20. The molecule has 7 heteroatoms. The quantitative estimate of drug-likeness (QED) is 0.837. The van der Waals surface area contributed by atoms with E-state index in [0.29, 0.717) is 13.1 Å². The summed E-state index contributed by atoms with van der Waals surface area (Å²) < 4.78 is 32.0. The third kappa shape index (κ3) is 2.96. The third-order valence-electron chi connectivity index (χ3n) is 3.08. The summed E-state index contributed by atoms with van der Waals surface area (Å²) in [5.41, 5.74) is 0.259. The summed E-state index contributed by atoms with van der Waals surface area (Å²) in [6.45, 7) is 4.29. The smallest absolute Gasteiger partial charge is 0.243 e. The Morgan fingerprint density at radius 1 is 1.35 bits per heavy atom. The lowest BCUT2D eigenvalue weighted by Gasteiger charge is -2.34. The van der Waals surface area contributed by atoms with Gasteiger partial charge in [0.05, 0.1) is 27.7 Å². The predicted molar refractivity (Wildman–Crippen MR) is 74.9 cm³/mol. The average Bonchev–Trinajstić information content (AvgIpc) is 2.37. The second-order valence-corrected chi connectivity index (χ2v) is 7.18. The van der Waals surface area contributed by atoms with Crippen LogP contribution in [0.25, 0.3) is 0 Å². The molecule has 2 unspecified atom stereocenters. The number of nitrogens with zero attached hydrogens (tertiary/aromatic N) is 2. The first-order chi connectivity index (χ1) is 9.34. The van der Waals surface area contributed by atoms with Gasteiger partial charge in [0, 0.05) is 13.1 Å². The van der Waals surface area contributed by atoms with Gasteiger partial charge >= 0.3 is 0 Å². The Hall–Kier alpha value is -1.13. The summed E-state index contributed by atoms with van der Waals surface area (Å²) in [7, 11) is -3.62. The van der Waals surface area contributed by atoms with Crippen LogP contribution in [-0.2, 0) is 14.8 Å². The Bertz CT molecular complexity index is 644. The zero-order valence-corrected chi connectivity index (χ0v) is 12.8. The number of sulfonamides is 1. The highest BCUT2D eigenvalue weighted by atomic mass is 35.5. The van der Waals surface area contributed by atoms with E-state index in [1.807, 2.05) is 19.9 Å². The Labute approximate surface area is 123 Å². The fourth-order valence-corrected chi connectivity index (χ4v) is 4.13. The maximum absolute atomic E-state index is 12.6. The maximum Gasteiger partial charge on any atom is 0.243 e. The Kier molecular flexibility index (Phi) is 4.35. The molecule has 20 heavy (non-hydrogen) atoms. The highest BCUT2D eigenvalue weighted by Gasteiger charge is 2.32. The molecule has 1 heterocycles. The van der Waals surface area contributed by atoms with E-state index in [1.54, 1.807) is 0 Å². The fraction of sp³-hybridized carbons (Fsp3) is 0.462. The topological polar surface area (TPSA) is 70.4 Å². The maximum atomic E-state index is 12.6. The molecule has 2 atom stereocenters. The Balaban J connectivity index is 2.35. The van der Waals surface area contributed by atoms with E-state index in [-0.39, 0.29) is 27.7 Å². The molecule has 0 saturated carbocycles. The predicted octanol–water partition coefficient (Wildman–Crippen LogP) is 2.01. The van der Waals surface area contributed by atoms with Gasteiger partial charge in [0.1, 0.15) is 6.07 Å². The standard InChI is InChI=1S/C13H15ClN2O3S/c1-9-7-16(8-10(2)19-9)20(17,18)12-4-3-11(6-15)13(14)5-12/h3-5,9-10H,7-8H2,1-2H3. The van der Waals surface area contributed by atoms with E-state index in [2.05, 4.69) is 0 Å². The van der Waals surface area contributed by atoms with E-state index in [0.717, 1.165) is 0 Å². The minimum absolute atomic E-state index is 0.0998. The molecule has 2 rings (SSSR count). The fourth-order valence-electron chi connectivity index (χ4n) is 2.22. The van der Waals surface area contributed by atoms with Gasteiger partial charge in [-0.1, -0.05) is 11.6 Å². The molecule has 0 amide bonds. The Morgan fingerprint density at radius 3 is 2.45 bits per heavy atom. The van der Waals surface area contributed by atoms with Gasteiger partial charge in [-0.2, -0.15) is 9.57 Å². The van der Waals surface area contributed by atoms with Crippen LogP contribution in [0.4, 0.5) is 0 Å². The normalized spacial score (nSPS) is 24.3. The van der Waals surface area contributed by atoms with Crippen molar-refractivity contribution in [3.63, 3.8) is 0 Å². The first kappa shape index (κ1) is 15.3. The van der Waals surface area contributed by atoms with Gasteiger partial charge in [0.2, 0.25) is 10.0 Å². The van der Waals surface area contributed by atoms with E-state index in [4.69, 9.17) is 21.6 Å². The molecule has 1 saturated heterocycles.